The van der Waals surface area contributed by atoms with E-state index >= 15 is 0 Å². The summed E-state index contributed by atoms with van der Waals surface area (Å²) in [6.07, 6.45) is 1.61. The Hall–Kier alpha value is -1.51. The molecule has 1 aromatic carbocycles. The number of hydrogen-bond acceptors (Lipinski definition) is 2. The van der Waals surface area contributed by atoms with Crippen LogP contribution >= 0.6 is 0 Å². The first kappa shape index (κ1) is 12.6. The lowest BCUT2D eigenvalue weighted by molar-refractivity contribution is -0.137. The van der Waals surface area contributed by atoms with Crippen molar-refractivity contribution in [2.75, 3.05) is 6.61 Å². The van der Waals surface area contributed by atoms with Crippen LogP contribution in [0.3, 0.4) is 0 Å². The third kappa shape index (κ3) is 3.93. The van der Waals surface area contributed by atoms with Crippen LogP contribution in [0.5, 0.6) is 5.75 Å². The van der Waals surface area contributed by atoms with Crippen molar-refractivity contribution in [3.05, 3.63) is 29.3 Å². The number of carboxylic acids is 1. The van der Waals surface area contributed by atoms with E-state index in [1.54, 1.807) is 0 Å². The molecular weight excluding hydrogens is 204 g/mol. The molecule has 0 aliphatic carbocycles. The standard InChI is InChI=1S/C13H18O3/c1-3-16-12-8-7-10(2)9-11(12)5-4-6-13(14)15/h7-9H,3-6H2,1-2H3,(H,14,15). The van der Waals surface area contributed by atoms with E-state index in [0.29, 0.717) is 13.0 Å². The summed E-state index contributed by atoms with van der Waals surface area (Å²) in [5, 5.41) is 8.59. The van der Waals surface area contributed by atoms with Gasteiger partial charge >= 0.3 is 5.97 Å². The average Bonchev–Trinajstić information content (AvgIpc) is 2.21. The number of carboxylic acid groups (broad SMARTS) is 1. The monoisotopic (exact) mass is 222 g/mol. The van der Waals surface area contributed by atoms with Gasteiger partial charge in [-0.15, -0.1) is 0 Å². The summed E-state index contributed by atoms with van der Waals surface area (Å²) in [4.78, 5) is 10.4. The summed E-state index contributed by atoms with van der Waals surface area (Å²) in [6, 6.07) is 6.02. The molecule has 3 nitrogen and oxygen atoms in total. The van der Waals surface area contributed by atoms with Gasteiger partial charge in [-0.1, -0.05) is 17.7 Å². The lowest BCUT2D eigenvalue weighted by Crippen LogP contribution is -2.00. The molecule has 1 rings (SSSR count). The molecule has 88 valence electrons. The first-order valence-corrected chi connectivity index (χ1v) is 5.57. The van der Waals surface area contributed by atoms with E-state index in [-0.39, 0.29) is 6.42 Å². The Labute approximate surface area is 96.1 Å². The Morgan fingerprint density at radius 1 is 1.44 bits per heavy atom. The van der Waals surface area contributed by atoms with Crippen molar-refractivity contribution >= 4 is 5.97 Å². The first-order valence-electron chi connectivity index (χ1n) is 5.57. The smallest absolute Gasteiger partial charge is 0.303 e. The van der Waals surface area contributed by atoms with Gasteiger partial charge in [0.25, 0.3) is 0 Å². The molecule has 1 aromatic rings. The molecule has 0 bridgehead atoms. The molecule has 0 amide bonds. The molecule has 0 saturated carbocycles. The fraction of sp³-hybridized carbons (Fsp3) is 0.462. The van der Waals surface area contributed by atoms with Crippen LogP contribution in [0.1, 0.15) is 30.9 Å². The number of aliphatic carboxylic acids is 1. The molecule has 0 heterocycles. The molecule has 0 atom stereocenters. The normalized spacial score (nSPS) is 10.1. The summed E-state index contributed by atoms with van der Waals surface area (Å²) in [6.45, 7) is 4.60. The van der Waals surface area contributed by atoms with E-state index in [1.165, 1.54) is 5.56 Å². The van der Waals surface area contributed by atoms with E-state index in [2.05, 4.69) is 6.07 Å². The lowest BCUT2D eigenvalue weighted by Gasteiger charge is -2.10. The van der Waals surface area contributed by atoms with E-state index in [4.69, 9.17) is 9.84 Å². The summed E-state index contributed by atoms with van der Waals surface area (Å²) in [5.74, 6) is 0.129. The number of aryl methyl sites for hydroxylation is 2. The van der Waals surface area contributed by atoms with Crippen LogP contribution in [0.4, 0.5) is 0 Å². The topological polar surface area (TPSA) is 46.5 Å². The van der Waals surface area contributed by atoms with Crippen molar-refractivity contribution in [1.82, 2.24) is 0 Å². The molecule has 3 heteroatoms. The van der Waals surface area contributed by atoms with Gasteiger partial charge in [0.15, 0.2) is 0 Å². The van der Waals surface area contributed by atoms with E-state index < -0.39 is 5.97 Å². The van der Waals surface area contributed by atoms with Crippen molar-refractivity contribution in [2.45, 2.75) is 33.1 Å². The molecule has 1 N–H and O–H groups in total. The van der Waals surface area contributed by atoms with Crippen molar-refractivity contribution in [1.29, 1.82) is 0 Å². The van der Waals surface area contributed by atoms with Crippen LogP contribution in [-0.2, 0) is 11.2 Å². The Morgan fingerprint density at radius 3 is 2.81 bits per heavy atom. The van der Waals surface area contributed by atoms with Gasteiger partial charge in [-0.3, -0.25) is 4.79 Å². The highest BCUT2D eigenvalue weighted by atomic mass is 16.5. The maximum absolute atomic E-state index is 10.4. The highest BCUT2D eigenvalue weighted by Crippen LogP contribution is 2.22. The highest BCUT2D eigenvalue weighted by molar-refractivity contribution is 5.66. The van der Waals surface area contributed by atoms with Crippen molar-refractivity contribution in [2.24, 2.45) is 0 Å². The van der Waals surface area contributed by atoms with Gasteiger partial charge in [-0.05, 0) is 38.3 Å². The third-order valence-electron chi connectivity index (χ3n) is 2.35. The van der Waals surface area contributed by atoms with Gasteiger partial charge in [0.05, 0.1) is 6.61 Å². The quantitative estimate of drug-likeness (QED) is 0.805. The minimum atomic E-state index is -0.745. The predicted octanol–water partition coefficient (Wildman–Crippen LogP) is 2.80. The fourth-order valence-corrected chi connectivity index (χ4v) is 1.63. The van der Waals surface area contributed by atoms with E-state index in [1.807, 2.05) is 26.0 Å². The molecule has 0 aliphatic rings. The molecule has 0 aliphatic heterocycles. The Morgan fingerprint density at radius 2 is 2.19 bits per heavy atom. The van der Waals surface area contributed by atoms with Gasteiger partial charge in [0.1, 0.15) is 5.75 Å². The molecule has 0 unspecified atom stereocenters. The van der Waals surface area contributed by atoms with E-state index in [9.17, 15) is 4.79 Å². The number of benzene rings is 1. The summed E-state index contributed by atoms with van der Waals surface area (Å²) in [7, 11) is 0. The van der Waals surface area contributed by atoms with Crippen molar-refractivity contribution < 1.29 is 14.6 Å². The Balaban J connectivity index is 2.67. The molecule has 0 fully saturated rings. The van der Waals surface area contributed by atoms with Gasteiger partial charge in [0, 0.05) is 6.42 Å². The minimum absolute atomic E-state index is 0.208. The van der Waals surface area contributed by atoms with Crippen molar-refractivity contribution in [3.8, 4) is 5.75 Å². The maximum Gasteiger partial charge on any atom is 0.303 e. The van der Waals surface area contributed by atoms with Crippen molar-refractivity contribution in [3.63, 3.8) is 0 Å². The molecule has 0 radical (unpaired) electrons. The molecule has 0 aromatic heterocycles. The van der Waals surface area contributed by atoms with Crippen LogP contribution in [0, 0.1) is 6.92 Å². The van der Waals surface area contributed by atoms with E-state index in [0.717, 1.165) is 17.7 Å². The largest absolute Gasteiger partial charge is 0.494 e. The van der Waals surface area contributed by atoms with Gasteiger partial charge < -0.3 is 9.84 Å². The second-order valence-corrected chi connectivity index (χ2v) is 3.79. The zero-order valence-electron chi connectivity index (χ0n) is 9.82. The number of carbonyl (C=O) groups is 1. The number of hydrogen-bond donors (Lipinski definition) is 1. The second-order valence-electron chi connectivity index (χ2n) is 3.79. The van der Waals surface area contributed by atoms with Crippen LogP contribution < -0.4 is 4.74 Å². The summed E-state index contributed by atoms with van der Waals surface area (Å²) in [5.41, 5.74) is 2.27. The molecule has 0 spiro atoms. The van der Waals surface area contributed by atoms with Crippen LogP contribution in [0.25, 0.3) is 0 Å². The highest BCUT2D eigenvalue weighted by Gasteiger charge is 2.05. The number of rotatable bonds is 6. The number of ether oxygens (including phenoxy) is 1. The second kappa shape index (κ2) is 6.16. The molecule has 0 saturated heterocycles. The van der Waals surface area contributed by atoms with Crippen LogP contribution in [0.2, 0.25) is 0 Å². The maximum atomic E-state index is 10.4. The average molecular weight is 222 g/mol. The Bertz CT molecular complexity index is 358. The molecular formula is C13H18O3. The van der Waals surface area contributed by atoms with Gasteiger partial charge in [0.2, 0.25) is 0 Å². The first-order chi connectivity index (χ1) is 7.63. The Kier molecular flexibility index (Phi) is 4.83. The molecule has 16 heavy (non-hydrogen) atoms. The fourth-order valence-electron chi connectivity index (χ4n) is 1.63. The lowest BCUT2D eigenvalue weighted by atomic mass is 10.0. The summed E-state index contributed by atoms with van der Waals surface area (Å²) < 4.78 is 5.50. The van der Waals surface area contributed by atoms with Crippen LogP contribution in [0.15, 0.2) is 18.2 Å². The SMILES string of the molecule is CCOc1ccc(C)cc1CCCC(=O)O. The zero-order valence-corrected chi connectivity index (χ0v) is 9.82. The summed E-state index contributed by atoms with van der Waals surface area (Å²) >= 11 is 0. The van der Waals surface area contributed by atoms with Gasteiger partial charge in [-0.2, -0.15) is 0 Å². The predicted molar refractivity (Wildman–Crippen MR) is 62.9 cm³/mol. The third-order valence-corrected chi connectivity index (χ3v) is 2.35. The zero-order chi connectivity index (χ0) is 12.0. The van der Waals surface area contributed by atoms with Crippen LogP contribution in [-0.4, -0.2) is 17.7 Å². The minimum Gasteiger partial charge on any atom is -0.494 e. The van der Waals surface area contributed by atoms with Gasteiger partial charge in [-0.25, -0.2) is 0 Å².